The topological polar surface area (TPSA) is 43.8 Å². The van der Waals surface area contributed by atoms with E-state index in [1.54, 1.807) is 0 Å². The Bertz CT molecular complexity index is 328. The van der Waals surface area contributed by atoms with Crippen LogP contribution in [0.15, 0.2) is 0 Å². The van der Waals surface area contributed by atoms with Crippen LogP contribution in [0.3, 0.4) is 0 Å². The van der Waals surface area contributed by atoms with Gasteiger partial charge in [-0.15, -0.1) is 0 Å². The van der Waals surface area contributed by atoms with E-state index in [0.29, 0.717) is 0 Å². The second kappa shape index (κ2) is 7.59. The summed E-state index contributed by atoms with van der Waals surface area (Å²) in [6.45, 7) is 10.7. The van der Waals surface area contributed by atoms with Crippen LogP contribution in [-0.4, -0.2) is 60.1 Å². The van der Waals surface area contributed by atoms with E-state index in [-0.39, 0.29) is 0 Å². The molecule has 122 valence electrons. The van der Waals surface area contributed by atoms with Crippen LogP contribution in [0, 0.1) is 11.3 Å². The van der Waals surface area contributed by atoms with E-state index in [2.05, 4.69) is 9.80 Å². The molecule has 0 saturated carbocycles. The zero-order valence-corrected chi connectivity index (χ0v) is 13.8. The third-order valence-electron chi connectivity index (χ3n) is 5.76. The Labute approximate surface area is 129 Å². The van der Waals surface area contributed by atoms with E-state index < -0.39 is 11.4 Å². The van der Waals surface area contributed by atoms with Gasteiger partial charge in [0.2, 0.25) is 0 Å². The Morgan fingerprint density at radius 3 is 2.10 bits per heavy atom. The third kappa shape index (κ3) is 4.19. The fourth-order valence-electron chi connectivity index (χ4n) is 3.93. The van der Waals surface area contributed by atoms with E-state index in [1.165, 1.54) is 45.3 Å². The molecule has 2 fully saturated rings. The molecule has 0 unspecified atom stereocenters. The summed E-state index contributed by atoms with van der Waals surface area (Å²) in [5, 5.41) is 9.56. The van der Waals surface area contributed by atoms with Crippen molar-refractivity contribution < 1.29 is 9.90 Å². The molecule has 4 nitrogen and oxygen atoms in total. The normalized spacial score (nSPS) is 22.8. The number of carboxylic acid groups (broad SMARTS) is 1. The van der Waals surface area contributed by atoms with Crippen molar-refractivity contribution in [3.8, 4) is 0 Å². The molecule has 0 atom stereocenters. The highest BCUT2D eigenvalue weighted by molar-refractivity contribution is 5.74. The first-order chi connectivity index (χ1) is 10.1. The molecule has 0 aromatic rings. The van der Waals surface area contributed by atoms with Crippen molar-refractivity contribution >= 4 is 5.97 Å². The molecule has 0 radical (unpaired) electrons. The molecule has 0 amide bonds. The largest absolute Gasteiger partial charge is 0.481 e. The van der Waals surface area contributed by atoms with Gasteiger partial charge in [-0.25, -0.2) is 0 Å². The number of rotatable bonds is 7. The maximum atomic E-state index is 11.6. The molecule has 0 bridgehead atoms. The lowest BCUT2D eigenvalue weighted by Crippen LogP contribution is -2.46. The van der Waals surface area contributed by atoms with Crippen LogP contribution in [-0.2, 0) is 4.79 Å². The van der Waals surface area contributed by atoms with Gasteiger partial charge in [0.05, 0.1) is 5.41 Å². The lowest BCUT2D eigenvalue weighted by Gasteiger charge is -2.38. The van der Waals surface area contributed by atoms with Crippen LogP contribution in [0.25, 0.3) is 0 Å². The van der Waals surface area contributed by atoms with E-state index in [0.717, 1.165) is 38.4 Å². The summed E-state index contributed by atoms with van der Waals surface area (Å²) in [6.07, 6.45) is 6.66. The average Bonchev–Trinajstić information content (AvgIpc) is 2.99. The summed E-state index contributed by atoms with van der Waals surface area (Å²) in [6, 6.07) is 0. The zero-order chi connectivity index (χ0) is 15.3. The van der Waals surface area contributed by atoms with Crippen molar-refractivity contribution in [2.45, 2.75) is 52.4 Å². The van der Waals surface area contributed by atoms with Gasteiger partial charge in [-0.1, -0.05) is 13.8 Å². The molecule has 4 heteroatoms. The number of nitrogens with zero attached hydrogens (tertiary/aromatic N) is 2. The Hall–Kier alpha value is -0.610. The van der Waals surface area contributed by atoms with Crippen molar-refractivity contribution in [3.63, 3.8) is 0 Å². The zero-order valence-electron chi connectivity index (χ0n) is 13.8. The predicted octanol–water partition coefficient (Wildman–Crippen LogP) is 2.69. The quantitative estimate of drug-likeness (QED) is 0.784. The Kier molecular flexibility index (Phi) is 6.06. The molecule has 1 N–H and O–H groups in total. The SMILES string of the molecule is CCC(CC)(CN1CCC(CN2CCCC2)CC1)C(=O)O. The number of hydrogen-bond donors (Lipinski definition) is 1. The van der Waals surface area contributed by atoms with Crippen LogP contribution in [0.2, 0.25) is 0 Å². The van der Waals surface area contributed by atoms with Crippen LogP contribution in [0.4, 0.5) is 0 Å². The van der Waals surface area contributed by atoms with Crippen molar-refractivity contribution in [1.29, 1.82) is 0 Å². The monoisotopic (exact) mass is 296 g/mol. The Morgan fingerprint density at radius 2 is 1.62 bits per heavy atom. The molecule has 0 aliphatic carbocycles. The average molecular weight is 296 g/mol. The standard InChI is InChI=1S/C17H32N2O2/c1-3-17(4-2,16(20)21)14-19-11-7-15(8-12-19)13-18-9-5-6-10-18/h15H,3-14H2,1-2H3,(H,20,21). The van der Waals surface area contributed by atoms with Gasteiger partial charge in [0.25, 0.3) is 0 Å². The van der Waals surface area contributed by atoms with Gasteiger partial charge in [-0.3, -0.25) is 4.79 Å². The van der Waals surface area contributed by atoms with Crippen molar-refractivity contribution in [1.82, 2.24) is 9.80 Å². The van der Waals surface area contributed by atoms with Gasteiger partial charge in [0.1, 0.15) is 0 Å². The van der Waals surface area contributed by atoms with E-state index >= 15 is 0 Å². The summed E-state index contributed by atoms with van der Waals surface area (Å²) in [5.74, 6) is 0.202. The first kappa shape index (κ1) is 16.8. The van der Waals surface area contributed by atoms with Crippen LogP contribution in [0.1, 0.15) is 52.4 Å². The van der Waals surface area contributed by atoms with Gasteiger partial charge in [-0.2, -0.15) is 0 Å². The van der Waals surface area contributed by atoms with Crippen molar-refractivity contribution in [2.75, 3.05) is 39.3 Å². The van der Waals surface area contributed by atoms with E-state index in [9.17, 15) is 9.90 Å². The highest BCUT2D eigenvalue weighted by Gasteiger charge is 2.37. The molecule has 2 heterocycles. The minimum absolute atomic E-state index is 0.540. The van der Waals surface area contributed by atoms with Gasteiger partial charge in [0.15, 0.2) is 0 Å². The van der Waals surface area contributed by atoms with Gasteiger partial charge in [0, 0.05) is 13.1 Å². The Balaban J connectivity index is 1.78. The number of piperidine rings is 1. The number of likely N-dealkylation sites (tertiary alicyclic amines) is 2. The summed E-state index contributed by atoms with van der Waals surface area (Å²) < 4.78 is 0. The van der Waals surface area contributed by atoms with Crippen LogP contribution >= 0.6 is 0 Å². The summed E-state index contributed by atoms with van der Waals surface area (Å²) in [7, 11) is 0. The second-order valence-electron chi connectivity index (χ2n) is 7.02. The number of carboxylic acids is 1. The number of aliphatic carboxylic acids is 1. The number of hydrogen-bond acceptors (Lipinski definition) is 3. The minimum Gasteiger partial charge on any atom is -0.481 e. The predicted molar refractivity (Wildman–Crippen MR) is 85.5 cm³/mol. The number of carbonyl (C=O) groups is 1. The molecule has 2 rings (SSSR count). The smallest absolute Gasteiger partial charge is 0.310 e. The molecular formula is C17H32N2O2. The molecule has 2 saturated heterocycles. The first-order valence-electron chi connectivity index (χ1n) is 8.77. The molecule has 0 aromatic heterocycles. The van der Waals surface area contributed by atoms with Gasteiger partial charge >= 0.3 is 5.97 Å². The van der Waals surface area contributed by atoms with Gasteiger partial charge in [-0.05, 0) is 70.6 Å². The first-order valence-corrected chi connectivity index (χ1v) is 8.77. The summed E-state index contributed by atoms with van der Waals surface area (Å²) in [5.41, 5.74) is -0.540. The summed E-state index contributed by atoms with van der Waals surface area (Å²) >= 11 is 0. The molecule has 21 heavy (non-hydrogen) atoms. The van der Waals surface area contributed by atoms with E-state index in [4.69, 9.17) is 0 Å². The molecular weight excluding hydrogens is 264 g/mol. The highest BCUT2D eigenvalue weighted by Crippen LogP contribution is 2.30. The van der Waals surface area contributed by atoms with Crippen LogP contribution < -0.4 is 0 Å². The lowest BCUT2D eigenvalue weighted by molar-refractivity contribution is -0.151. The fourth-order valence-corrected chi connectivity index (χ4v) is 3.93. The lowest BCUT2D eigenvalue weighted by atomic mass is 9.81. The molecule has 2 aliphatic heterocycles. The molecule has 2 aliphatic rings. The van der Waals surface area contributed by atoms with Crippen LogP contribution in [0.5, 0.6) is 0 Å². The summed E-state index contributed by atoms with van der Waals surface area (Å²) in [4.78, 5) is 16.6. The maximum Gasteiger partial charge on any atom is 0.310 e. The highest BCUT2D eigenvalue weighted by atomic mass is 16.4. The third-order valence-corrected chi connectivity index (χ3v) is 5.76. The van der Waals surface area contributed by atoms with Gasteiger partial charge < -0.3 is 14.9 Å². The van der Waals surface area contributed by atoms with Crippen molar-refractivity contribution in [2.24, 2.45) is 11.3 Å². The Morgan fingerprint density at radius 1 is 1.05 bits per heavy atom. The van der Waals surface area contributed by atoms with Crippen molar-refractivity contribution in [3.05, 3.63) is 0 Å². The minimum atomic E-state index is -0.619. The molecule has 0 aromatic carbocycles. The maximum absolute atomic E-state index is 11.6. The molecule has 0 spiro atoms. The second-order valence-corrected chi connectivity index (χ2v) is 7.02. The fraction of sp³-hybridized carbons (Fsp3) is 0.941. The van der Waals surface area contributed by atoms with E-state index in [1.807, 2.05) is 13.8 Å².